The summed E-state index contributed by atoms with van der Waals surface area (Å²) in [4.78, 5) is 0. The standard InChI is InChI=1S/C7H11F2N3/c1-4(2)12-6(7(8)9)5(10)3-11-12/h3-4,7H,10H2,1-2H3. The molecular formula is C7H11F2N3. The lowest BCUT2D eigenvalue weighted by atomic mass is 10.3. The summed E-state index contributed by atoms with van der Waals surface area (Å²) in [5.41, 5.74) is 5.18. The summed E-state index contributed by atoms with van der Waals surface area (Å²) in [6, 6.07) is -0.0914. The topological polar surface area (TPSA) is 43.8 Å². The Hall–Kier alpha value is -1.13. The van der Waals surface area contributed by atoms with E-state index < -0.39 is 6.43 Å². The highest BCUT2D eigenvalue weighted by molar-refractivity contribution is 5.41. The van der Waals surface area contributed by atoms with Crippen molar-refractivity contribution in [3.8, 4) is 0 Å². The monoisotopic (exact) mass is 175 g/mol. The molecule has 0 unspecified atom stereocenters. The third-order valence-corrected chi connectivity index (χ3v) is 1.56. The first kappa shape index (κ1) is 8.96. The van der Waals surface area contributed by atoms with Gasteiger partial charge in [-0.25, -0.2) is 8.78 Å². The molecule has 0 radical (unpaired) electrons. The number of halogens is 2. The summed E-state index contributed by atoms with van der Waals surface area (Å²) >= 11 is 0. The van der Waals surface area contributed by atoms with E-state index in [1.165, 1.54) is 10.9 Å². The number of nitrogens with two attached hydrogens (primary N) is 1. The molecule has 0 saturated heterocycles. The number of nitrogen functional groups attached to an aromatic ring is 1. The quantitative estimate of drug-likeness (QED) is 0.746. The van der Waals surface area contributed by atoms with Crippen LogP contribution in [-0.2, 0) is 0 Å². The van der Waals surface area contributed by atoms with Crippen molar-refractivity contribution in [2.75, 3.05) is 5.73 Å². The van der Waals surface area contributed by atoms with Crippen molar-refractivity contribution >= 4 is 5.69 Å². The lowest BCUT2D eigenvalue weighted by Gasteiger charge is -2.10. The molecule has 0 bridgehead atoms. The highest BCUT2D eigenvalue weighted by Crippen LogP contribution is 2.26. The van der Waals surface area contributed by atoms with Crippen LogP contribution in [0.3, 0.4) is 0 Å². The van der Waals surface area contributed by atoms with E-state index in [9.17, 15) is 8.78 Å². The molecule has 1 aromatic heterocycles. The fourth-order valence-electron chi connectivity index (χ4n) is 1.02. The predicted octanol–water partition coefficient (Wildman–Crippen LogP) is 1.98. The zero-order valence-corrected chi connectivity index (χ0v) is 6.96. The van der Waals surface area contributed by atoms with Gasteiger partial charge in [0.1, 0.15) is 5.69 Å². The zero-order valence-electron chi connectivity index (χ0n) is 6.96. The molecule has 12 heavy (non-hydrogen) atoms. The van der Waals surface area contributed by atoms with Gasteiger partial charge < -0.3 is 5.73 Å². The average molecular weight is 175 g/mol. The molecule has 0 aromatic carbocycles. The van der Waals surface area contributed by atoms with Gasteiger partial charge in [-0.2, -0.15) is 5.10 Å². The van der Waals surface area contributed by atoms with Crippen molar-refractivity contribution in [3.05, 3.63) is 11.9 Å². The molecule has 68 valence electrons. The maximum absolute atomic E-state index is 12.3. The first-order chi connectivity index (χ1) is 5.54. The highest BCUT2D eigenvalue weighted by Gasteiger charge is 2.19. The van der Waals surface area contributed by atoms with Crippen molar-refractivity contribution < 1.29 is 8.78 Å². The van der Waals surface area contributed by atoms with E-state index in [0.29, 0.717) is 0 Å². The molecule has 0 aliphatic carbocycles. The second-order valence-corrected chi connectivity index (χ2v) is 2.82. The van der Waals surface area contributed by atoms with Crippen LogP contribution in [0, 0.1) is 0 Å². The Balaban J connectivity index is 3.12. The first-order valence-corrected chi connectivity index (χ1v) is 3.65. The Labute approximate surface area is 69.2 Å². The Morgan fingerprint density at radius 3 is 2.42 bits per heavy atom. The first-order valence-electron chi connectivity index (χ1n) is 3.65. The van der Waals surface area contributed by atoms with Gasteiger partial charge in [0.2, 0.25) is 0 Å². The van der Waals surface area contributed by atoms with Crippen LogP contribution in [0.5, 0.6) is 0 Å². The van der Waals surface area contributed by atoms with Gasteiger partial charge in [0.05, 0.1) is 11.9 Å². The van der Waals surface area contributed by atoms with Crippen LogP contribution in [0.25, 0.3) is 0 Å². The van der Waals surface area contributed by atoms with Gasteiger partial charge >= 0.3 is 0 Å². The molecule has 1 heterocycles. The number of alkyl halides is 2. The van der Waals surface area contributed by atoms with Gasteiger partial charge in [0, 0.05) is 6.04 Å². The maximum Gasteiger partial charge on any atom is 0.282 e. The zero-order chi connectivity index (χ0) is 9.30. The number of anilines is 1. The summed E-state index contributed by atoms with van der Waals surface area (Å²) in [5, 5.41) is 3.75. The van der Waals surface area contributed by atoms with Crippen molar-refractivity contribution in [3.63, 3.8) is 0 Å². The minimum atomic E-state index is -2.56. The molecule has 3 nitrogen and oxygen atoms in total. The second kappa shape index (κ2) is 3.08. The van der Waals surface area contributed by atoms with Crippen molar-refractivity contribution in [2.24, 2.45) is 0 Å². The summed E-state index contributed by atoms with van der Waals surface area (Å²) in [7, 11) is 0. The number of aromatic nitrogens is 2. The van der Waals surface area contributed by atoms with Gasteiger partial charge in [-0.3, -0.25) is 4.68 Å². The minimum Gasteiger partial charge on any atom is -0.396 e. The maximum atomic E-state index is 12.3. The number of hydrogen-bond acceptors (Lipinski definition) is 2. The van der Waals surface area contributed by atoms with Gasteiger partial charge in [0.25, 0.3) is 6.43 Å². The van der Waals surface area contributed by atoms with Crippen LogP contribution in [0.1, 0.15) is 32.0 Å². The largest absolute Gasteiger partial charge is 0.396 e. The molecule has 0 fully saturated rings. The van der Waals surface area contributed by atoms with Crippen LogP contribution in [0.2, 0.25) is 0 Å². The molecule has 1 aromatic rings. The van der Waals surface area contributed by atoms with Crippen molar-refractivity contribution in [1.29, 1.82) is 0 Å². The fraction of sp³-hybridized carbons (Fsp3) is 0.571. The number of rotatable bonds is 2. The average Bonchev–Trinajstić information content (AvgIpc) is 2.30. The minimum absolute atomic E-state index is 0.0544. The fourth-order valence-corrected chi connectivity index (χ4v) is 1.02. The third kappa shape index (κ3) is 1.39. The lowest BCUT2D eigenvalue weighted by molar-refractivity contribution is 0.138. The molecule has 1 rings (SSSR count). The van der Waals surface area contributed by atoms with Gasteiger partial charge in [0.15, 0.2) is 0 Å². The van der Waals surface area contributed by atoms with E-state index in [2.05, 4.69) is 5.10 Å². The molecular weight excluding hydrogens is 164 g/mol. The smallest absolute Gasteiger partial charge is 0.282 e. The van der Waals surface area contributed by atoms with E-state index >= 15 is 0 Å². The van der Waals surface area contributed by atoms with Crippen molar-refractivity contribution in [2.45, 2.75) is 26.3 Å². The number of hydrogen-bond donors (Lipinski definition) is 1. The molecule has 5 heteroatoms. The SMILES string of the molecule is CC(C)n1ncc(N)c1C(F)F. The van der Waals surface area contributed by atoms with Gasteiger partial charge in [-0.05, 0) is 13.8 Å². The molecule has 0 amide bonds. The molecule has 0 aliphatic rings. The highest BCUT2D eigenvalue weighted by atomic mass is 19.3. The lowest BCUT2D eigenvalue weighted by Crippen LogP contribution is -2.08. The van der Waals surface area contributed by atoms with Gasteiger partial charge in [-0.15, -0.1) is 0 Å². The van der Waals surface area contributed by atoms with Crippen LogP contribution in [-0.4, -0.2) is 9.78 Å². The van der Waals surface area contributed by atoms with Crippen LogP contribution in [0.15, 0.2) is 6.20 Å². The molecule has 2 N–H and O–H groups in total. The Morgan fingerprint density at radius 1 is 1.50 bits per heavy atom. The second-order valence-electron chi connectivity index (χ2n) is 2.82. The predicted molar refractivity (Wildman–Crippen MR) is 42.0 cm³/mol. The van der Waals surface area contributed by atoms with E-state index in [-0.39, 0.29) is 17.4 Å². The van der Waals surface area contributed by atoms with E-state index in [4.69, 9.17) is 5.73 Å². The van der Waals surface area contributed by atoms with E-state index in [1.807, 2.05) is 0 Å². The Kier molecular flexibility index (Phi) is 2.30. The van der Waals surface area contributed by atoms with E-state index in [0.717, 1.165) is 0 Å². The Bertz CT molecular complexity index is 268. The third-order valence-electron chi connectivity index (χ3n) is 1.56. The summed E-state index contributed by atoms with van der Waals surface area (Å²) in [5.74, 6) is 0. The molecule has 0 spiro atoms. The summed E-state index contributed by atoms with van der Waals surface area (Å²) < 4.78 is 25.9. The molecule has 0 saturated carbocycles. The van der Waals surface area contributed by atoms with Gasteiger partial charge in [-0.1, -0.05) is 0 Å². The molecule has 0 atom stereocenters. The van der Waals surface area contributed by atoms with E-state index in [1.54, 1.807) is 13.8 Å². The number of nitrogens with zero attached hydrogens (tertiary/aromatic N) is 2. The summed E-state index contributed by atoms with van der Waals surface area (Å²) in [6.07, 6.45) is -1.31. The van der Waals surface area contributed by atoms with Crippen LogP contribution >= 0.6 is 0 Å². The Morgan fingerprint density at radius 2 is 2.08 bits per heavy atom. The van der Waals surface area contributed by atoms with Crippen molar-refractivity contribution in [1.82, 2.24) is 9.78 Å². The van der Waals surface area contributed by atoms with Crippen LogP contribution in [0.4, 0.5) is 14.5 Å². The van der Waals surface area contributed by atoms with Crippen LogP contribution < -0.4 is 5.73 Å². The normalized spacial score (nSPS) is 11.5. The molecule has 0 aliphatic heterocycles. The summed E-state index contributed by atoms with van der Waals surface area (Å²) in [6.45, 7) is 3.55.